The first-order valence-electron chi connectivity index (χ1n) is 13.3. The van der Waals surface area contributed by atoms with E-state index in [1.807, 2.05) is 19.1 Å². The number of benzene rings is 2. The van der Waals surface area contributed by atoms with E-state index in [-0.39, 0.29) is 40.6 Å². The molecule has 1 aromatic heterocycles. The topological polar surface area (TPSA) is 97.1 Å². The standard InChI is InChI=1S/C30H31Cl4NO7/c1-4-24-26(30(37)39-5-2)35-29(42-24)19-16-22(33)28(23(34)17-19)41-13-9-7-6-8-12-40-27-20(31)14-18(15-21(27)32)10-11-25(36)38-3/h6-7,14-17H,4-5,8-13H2,1-3H3/b7-6+. The van der Waals surface area contributed by atoms with Gasteiger partial charge in [0, 0.05) is 18.4 Å². The maximum Gasteiger partial charge on any atom is 0.360 e. The SMILES string of the molecule is CCOC(=O)c1nc(-c2cc(Cl)c(OCC/C=C/CCOc3c(Cl)cc(CCC(=O)OC)cc3Cl)c(Cl)c2)oc1CC. The van der Waals surface area contributed by atoms with E-state index in [9.17, 15) is 9.59 Å². The Balaban J connectivity index is 1.48. The lowest BCUT2D eigenvalue weighted by molar-refractivity contribution is -0.140. The first-order valence-corrected chi connectivity index (χ1v) is 14.8. The first-order chi connectivity index (χ1) is 20.2. The van der Waals surface area contributed by atoms with Crippen molar-refractivity contribution < 1.29 is 33.0 Å². The molecule has 0 spiro atoms. The molecule has 0 aliphatic heterocycles. The highest BCUT2D eigenvalue weighted by Crippen LogP contribution is 2.38. The molecule has 0 unspecified atom stereocenters. The third-order valence-electron chi connectivity index (χ3n) is 5.86. The average molecular weight is 659 g/mol. The Morgan fingerprint density at radius 3 is 1.93 bits per heavy atom. The van der Waals surface area contributed by atoms with Gasteiger partial charge in [0.05, 0.1) is 47.0 Å². The molecule has 0 saturated carbocycles. The van der Waals surface area contributed by atoms with Crippen LogP contribution in [0.2, 0.25) is 20.1 Å². The van der Waals surface area contributed by atoms with Gasteiger partial charge in [-0.1, -0.05) is 65.5 Å². The Morgan fingerprint density at radius 2 is 1.43 bits per heavy atom. The third-order valence-corrected chi connectivity index (χ3v) is 6.99. The van der Waals surface area contributed by atoms with Crippen LogP contribution in [0.15, 0.2) is 40.8 Å². The number of carbonyl (C=O) groups is 2. The lowest BCUT2D eigenvalue weighted by atomic mass is 10.1. The zero-order valence-corrected chi connectivity index (χ0v) is 26.5. The van der Waals surface area contributed by atoms with Crippen molar-refractivity contribution in [3.05, 3.63) is 73.5 Å². The Kier molecular flexibility index (Phi) is 13.3. The molecular formula is C30H31Cl4NO7. The molecule has 0 aliphatic rings. The maximum atomic E-state index is 12.2. The summed E-state index contributed by atoms with van der Waals surface area (Å²) in [4.78, 5) is 27.8. The number of aryl methyl sites for hydroxylation is 2. The fraction of sp³-hybridized carbons (Fsp3) is 0.367. The molecule has 2 aromatic carbocycles. The molecular weight excluding hydrogens is 628 g/mol. The molecule has 0 radical (unpaired) electrons. The van der Waals surface area contributed by atoms with Crippen molar-refractivity contribution in [1.82, 2.24) is 4.98 Å². The molecule has 1 heterocycles. The molecule has 0 atom stereocenters. The van der Waals surface area contributed by atoms with Gasteiger partial charge in [-0.15, -0.1) is 0 Å². The molecule has 0 fully saturated rings. The van der Waals surface area contributed by atoms with E-state index in [0.29, 0.717) is 71.8 Å². The van der Waals surface area contributed by atoms with Gasteiger partial charge in [-0.25, -0.2) is 9.78 Å². The van der Waals surface area contributed by atoms with Crippen molar-refractivity contribution in [3.8, 4) is 23.0 Å². The number of carbonyl (C=O) groups excluding carboxylic acids is 2. The van der Waals surface area contributed by atoms with Crippen molar-refractivity contribution in [2.75, 3.05) is 26.9 Å². The number of esters is 2. The smallest absolute Gasteiger partial charge is 0.360 e. The minimum absolute atomic E-state index is 0.135. The summed E-state index contributed by atoms with van der Waals surface area (Å²) in [6.07, 6.45) is 6.31. The van der Waals surface area contributed by atoms with Gasteiger partial charge in [0.25, 0.3) is 0 Å². The minimum atomic E-state index is -0.545. The van der Waals surface area contributed by atoms with Crippen LogP contribution in [0.4, 0.5) is 0 Å². The molecule has 12 heteroatoms. The Morgan fingerprint density at radius 1 is 0.881 bits per heavy atom. The van der Waals surface area contributed by atoms with E-state index < -0.39 is 5.97 Å². The van der Waals surface area contributed by atoms with Crippen LogP contribution in [0.1, 0.15) is 54.9 Å². The van der Waals surface area contributed by atoms with Gasteiger partial charge in [0.15, 0.2) is 17.2 Å². The van der Waals surface area contributed by atoms with Crippen LogP contribution < -0.4 is 9.47 Å². The van der Waals surface area contributed by atoms with Crippen LogP contribution in [0.25, 0.3) is 11.5 Å². The molecule has 226 valence electrons. The molecule has 3 rings (SSSR count). The Labute approximate surface area is 264 Å². The molecule has 0 aliphatic carbocycles. The second kappa shape index (κ2) is 16.7. The predicted molar refractivity (Wildman–Crippen MR) is 163 cm³/mol. The number of hydrogen-bond donors (Lipinski definition) is 0. The summed E-state index contributed by atoms with van der Waals surface area (Å²) in [5.41, 5.74) is 1.47. The Bertz CT molecular complexity index is 1370. The fourth-order valence-electron chi connectivity index (χ4n) is 3.83. The second-order valence-electron chi connectivity index (χ2n) is 8.84. The number of hydrogen-bond acceptors (Lipinski definition) is 8. The van der Waals surface area contributed by atoms with E-state index in [1.54, 1.807) is 31.2 Å². The zero-order chi connectivity index (χ0) is 30.6. The van der Waals surface area contributed by atoms with Crippen LogP contribution in [0, 0.1) is 0 Å². The quantitative estimate of drug-likeness (QED) is 0.0910. The van der Waals surface area contributed by atoms with Gasteiger partial charge in [-0.05, 0) is 56.0 Å². The fourth-order valence-corrected chi connectivity index (χ4v) is 5.07. The van der Waals surface area contributed by atoms with Crippen molar-refractivity contribution >= 4 is 58.3 Å². The predicted octanol–water partition coefficient (Wildman–Crippen LogP) is 8.59. The van der Waals surface area contributed by atoms with Crippen molar-refractivity contribution in [1.29, 1.82) is 0 Å². The average Bonchev–Trinajstić information content (AvgIpc) is 3.40. The monoisotopic (exact) mass is 657 g/mol. The summed E-state index contributed by atoms with van der Waals surface area (Å²) >= 11 is 25.5. The number of halogens is 4. The highest BCUT2D eigenvalue weighted by Gasteiger charge is 2.22. The number of ether oxygens (including phenoxy) is 4. The number of rotatable bonds is 15. The highest BCUT2D eigenvalue weighted by atomic mass is 35.5. The van der Waals surface area contributed by atoms with Crippen LogP contribution >= 0.6 is 46.4 Å². The van der Waals surface area contributed by atoms with Crippen LogP contribution in [-0.2, 0) is 27.1 Å². The van der Waals surface area contributed by atoms with Crippen LogP contribution in [-0.4, -0.2) is 43.9 Å². The summed E-state index contributed by atoms with van der Waals surface area (Å²) in [6.45, 7) is 4.52. The van der Waals surface area contributed by atoms with Gasteiger partial charge in [0.2, 0.25) is 5.89 Å². The number of methoxy groups -OCH3 is 1. The van der Waals surface area contributed by atoms with E-state index in [1.165, 1.54) is 7.11 Å². The molecule has 0 bridgehead atoms. The third kappa shape index (κ3) is 9.30. The minimum Gasteiger partial charge on any atom is -0.490 e. The summed E-state index contributed by atoms with van der Waals surface area (Å²) < 4.78 is 27.0. The number of nitrogens with zero attached hydrogens (tertiary/aromatic N) is 1. The molecule has 3 aromatic rings. The van der Waals surface area contributed by atoms with E-state index in [4.69, 9.17) is 65.0 Å². The molecule has 42 heavy (non-hydrogen) atoms. The van der Waals surface area contributed by atoms with Crippen molar-refractivity contribution in [2.45, 2.75) is 46.0 Å². The molecule has 0 N–H and O–H groups in total. The van der Waals surface area contributed by atoms with E-state index >= 15 is 0 Å². The first kappa shape index (κ1) is 33.6. The summed E-state index contributed by atoms with van der Waals surface area (Å²) in [5.74, 6) is 0.529. The molecule has 0 saturated heterocycles. The largest absolute Gasteiger partial charge is 0.490 e. The van der Waals surface area contributed by atoms with Gasteiger partial charge in [0.1, 0.15) is 5.76 Å². The molecule has 0 amide bonds. The zero-order valence-electron chi connectivity index (χ0n) is 23.4. The van der Waals surface area contributed by atoms with Gasteiger partial charge in [-0.3, -0.25) is 4.79 Å². The van der Waals surface area contributed by atoms with Crippen molar-refractivity contribution in [3.63, 3.8) is 0 Å². The normalized spacial score (nSPS) is 11.1. The number of oxazole rings is 1. The van der Waals surface area contributed by atoms with Gasteiger partial charge in [-0.2, -0.15) is 0 Å². The number of aromatic nitrogens is 1. The van der Waals surface area contributed by atoms with Crippen LogP contribution in [0.5, 0.6) is 11.5 Å². The van der Waals surface area contributed by atoms with Gasteiger partial charge < -0.3 is 23.4 Å². The van der Waals surface area contributed by atoms with E-state index in [0.717, 1.165) is 5.56 Å². The highest BCUT2D eigenvalue weighted by molar-refractivity contribution is 6.38. The van der Waals surface area contributed by atoms with Gasteiger partial charge >= 0.3 is 11.9 Å². The van der Waals surface area contributed by atoms with E-state index in [2.05, 4.69) is 9.72 Å². The summed E-state index contributed by atoms with van der Waals surface area (Å²) in [7, 11) is 1.35. The second-order valence-corrected chi connectivity index (χ2v) is 10.5. The Hall–Kier alpha value is -2.91. The lowest BCUT2D eigenvalue weighted by Crippen LogP contribution is -2.07. The summed E-state index contributed by atoms with van der Waals surface area (Å²) in [5, 5.41) is 1.34. The summed E-state index contributed by atoms with van der Waals surface area (Å²) in [6, 6.07) is 6.71. The maximum absolute atomic E-state index is 12.2. The van der Waals surface area contributed by atoms with Crippen LogP contribution in [0.3, 0.4) is 0 Å². The lowest BCUT2D eigenvalue weighted by Gasteiger charge is -2.11. The molecule has 8 nitrogen and oxygen atoms in total. The van der Waals surface area contributed by atoms with Crippen molar-refractivity contribution in [2.24, 2.45) is 0 Å².